The predicted octanol–water partition coefficient (Wildman–Crippen LogP) is 1.01. The maximum absolute atomic E-state index is 14.3. The molecule has 0 aromatic heterocycles. The summed E-state index contributed by atoms with van der Waals surface area (Å²) in [5.41, 5.74) is 6.63. The zero-order chi connectivity index (χ0) is 15.4. The van der Waals surface area contributed by atoms with Crippen LogP contribution >= 0.6 is 0 Å². The first kappa shape index (κ1) is 15.7. The average molecular weight is 295 g/mol. The fourth-order valence-corrected chi connectivity index (χ4v) is 2.34. The fraction of sp³-hybridized carbons (Fsp3) is 0.533. The van der Waals surface area contributed by atoms with E-state index in [0.717, 1.165) is 5.56 Å². The first-order valence-corrected chi connectivity index (χ1v) is 7.14. The number of hydrogen-bond acceptors (Lipinski definition) is 4. The number of halogens is 1. The third-order valence-electron chi connectivity index (χ3n) is 3.49. The average Bonchev–Trinajstić information content (AvgIpc) is 2.45. The summed E-state index contributed by atoms with van der Waals surface area (Å²) in [6.45, 7) is 5.79. The van der Waals surface area contributed by atoms with Crippen LogP contribution in [0.2, 0.25) is 0 Å². The Morgan fingerprint density at radius 2 is 2.33 bits per heavy atom. The monoisotopic (exact) mass is 295 g/mol. The van der Waals surface area contributed by atoms with Gasteiger partial charge in [0, 0.05) is 19.1 Å². The molecule has 1 aliphatic rings. The minimum atomic E-state index is -0.618. The van der Waals surface area contributed by atoms with Gasteiger partial charge in [-0.2, -0.15) is 0 Å². The number of nitrogens with zero attached hydrogens (tertiary/aromatic N) is 1. The maximum Gasteiger partial charge on any atom is 0.242 e. The third-order valence-corrected chi connectivity index (χ3v) is 3.49. The van der Waals surface area contributed by atoms with Crippen molar-refractivity contribution in [2.45, 2.75) is 32.5 Å². The Morgan fingerprint density at radius 1 is 1.57 bits per heavy atom. The topological polar surface area (TPSA) is 67.6 Å². The van der Waals surface area contributed by atoms with Crippen molar-refractivity contribution in [3.63, 3.8) is 0 Å². The molecular formula is C15H22FN3O2. The highest BCUT2D eigenvalue weighted by Gasteiger charge is 2.29. The minimum Gasteiger partial charge on any atom is -0.377 e. The number of hydrogen-bond donors (Lipinski definition) is 2. The van der Waals surface area contributed by atoms with Crippen molar-refractivity contribution in [3.05, 3.63) is 29.6 Å². The molecule has 2 rings (SSSR count). The van der Waals surface area contributed by atoms with Crippen LogP contribution in [0.1, 0.15) is 19.4 Å². The van der Waals surface area contributed by atoms with Gasteiger partial charge in [-0.25, -0.2) is 4.39 Å². The summed E-state index contributed by atoms with van der Waals surface area (Å²) in [7, 11) is 0. The van der Waals surface area contributed by atoms with Gasteiger partial charge in [-0.15, -0.1) is 0 Å². The van der Waals surface area contributed by atoms with E-state index >= 15 is 0 Å². The van der Waals surface area contributed by atoms with E-state index in [4.69, 9.17) is 10.5 Å². The van der Waals surface area contributed by atoms with Gasteiger partial charge in [-0.05, 0) is 17.7 Å². The number of morpholine rings is 1. The maximum atomic E-state index is 14.3. The van der Waals surface area contributed by atoms with E-state index in [2.05, 4.69) is 5.32 Å². The molecule has 1 atom stereocenters. The zero-order valence-corrected chi connectivity index (χ0v) is 12.4. The third kappa shape index (κ3) is 3.92. The van der Waals surface area contributed by atoms with E-state index in [1.807, 2.05) is 19.9 Å². The summed E-state index contributed by atoms with van der Waals surface area (Å²) in [6.07, 6.45) is 0. The van der Waals surface area contributed by atoms with Gasteiger partial charge in [-0.3, -0.25) is 4.79 Å². The summed E-state index contributed by atoms with van der Waals surface area (Å²) in [5, 5.41) is 3.24. The molecule has 0 aliphatic carbocycles. The van der Waals surface area contributed by atoms with Gasteiger partial charge in [0.05, 0.1) is 18.9 Å². The lowest BCUT2D eigenvalue weighted by atomic mass is 10.1. The highest BCUT2D eigenvalue weighted by Crippen LogP contribution is 2.24. The van der Waals surface area contributed by atoms with Crippen molar-refractivity contribution in [1.82, 2.24) is 5.32 Å². The quantitative estimate of drug-likeness (QED) is 0.851. The smallest absolute Gasteiger partial charge is 0.242 e. The molecule has 1 saturated heterocycles. The first-order chi connectivity index (χ1) is 9.99. The van der Waals surface area contributed by atoms with Gasteiger partial charge in [0.25, 0.3) is 0 Å². The number of rotatable bonds is 5. The number of benzene rings is 1. The lowest BCUT2D eigenvalue weighted by molar-refractivity contribution is -0.121. The molecule has 0 spiro atoms. The van der Waals surface area contributed by atoms with Crippen LogP contribution in [-0.4, -0.2) is 37.7 Å². The number of carbonyl (C=O) groups is 1. The number of nitrogens with one attached hydrogen (secondary N) is 1. The number of primary amides is 1. The Kier molecular flexibility index (Phi) is 5.14. The minimum absolute atomic E-state index is 0.200. The molecule has 3 N–H and O–H groups in total. The van der Waals surface area contributed by atoms with Crippen LogP contribution in [0.4, 0.5) is 10.1 Å². The highest BCUT2D eigenvalue weighted by molar-refractivity contribution is 5.84. The van der Waals surface area contributed by atoms with Crippen LogP contribution < -0.4 is 16.0 Å². The Labute approximate surface area is 124 Å². The number of ether oxygens (including phenoxy) is 1. The molecule has 1 fully saturated rings. The van der Waals surface area contributed by atoms with Crippen molar-refractivity contribution in [1.29, 1.82) is 0 Å². The fourth-order valence-electron chi connectivity index (χ4n) is 2.34. The van der Waals surface area contributed by atoms with Crippen LogP contribution in [0, 0.1) is 5.82 Å². The Bertz CT molecular complexity index is 508. The number of anilines is 1. The Morgan fingerprint density at radius 3 is 2.95 bits per heavy atom. The normalized spacial score (nSPS) is 19.0. The molecule has 0 bridgehead atoms. The van der Waals surface area contributed by atoms with Gasteiger partial charge in [-0.1, -0.05) is 19.9 Å². The molecule has 1 heterocycles. The van der Waals surface area contributed by atoms with E-state index in [0.29, 0.717) is 31.4 Å². The SMILES string of the molecule is CC(C)NCc1ccc(N2CCOCC2C(N)=O)c(F)c1. The van der Waals surface area contributed by atoms with E-state index in [1.54, 1.807) is 11.0 Å². The lowest BCUT2D eigenvalue weighted by Crippen LogP contribution is -2.53. The largest absolute Gasteiger partial charge is 0.377 e. The van der Waals surface area contributed by atoms with Gasteiger partial charge in [0.15, 0.2) is 0 Å². The summed E-state index contributed by atoms with van der Waals surface area (Å²) in [4.78, 5) is 13.1. The van der Waals surface area contributed by atoms with Crippen LogP contribution in [0.15, 0.2) is 18.2 Å². The molecule has 5 nitrogen and oxygen atoms in total. The number of carbonyl (C=O) groups excluding carboxylic acids is 1. The lowest BCUT2D eigenvalue weighted by Gasteiger charge is -2.35. The standard InChI is InChI=1S/C15H22FN3O2/c1-10(2)18-8-11-3-4-13(12(16)7-11)19-5-6-21-9-14(19)15(17)20/h3-4,7,10,14,18H,5-6,8-9H2,1-2H3,(H2,17,20). The van der Waals surface area contributed by atoms with Crippen molar-refractivity contribution in [2.24, 2.45) is 5.73 Å². The zero-order valence-electron chi connectivity index (χ0n) is 12.4. The second-order valence-electron chi connectivity index (χ2n) is 5.51. The Balaban J connectivity index is 2.17. The van der Waals surface area contributed by atoms with Crippen molar-refractivity contribution >= 4 is 11.6 Å². The van der Waals surface area contributed by atoms with E-state index in [-0.39, 0.29) is 12.4 Å². The molecule has 1 aromatic carbocycles. The molecule has 1 unspecified atom stereocenters. The molecule has 0 saturated carbocycles. The summed E-state index contributed by atoms with van der Waals surface area (Å²) in [6, 6.07) is 4.78. The van der Waals surface area contributed by atoms with E-state index in [9.17, 15) is 9.18 Å². The highest BCUT2D eigenvalue weighted by atomic mass is 19.1. The van der Waals surface area contributed by atoms with Crippen molar-refractivity contribution < 1.29 is 13.9 Å². The molecule has 1 aliphatic heterocycles. The number of amides is 1. The van der Waals surface area contributed by atoms with Crippen molar-refractivity contribution in [2.75, 3.05) is 24.7 Å². The van der Waals surface area contributed by atoms with Crippen molar-refractivity contribution in [3.8, 4) is 0 Å². The Hall–Kier alpha value is -1.66. The van der Waals surface area contributed by atoms with Crippen LogP contribution in [0.3, 0.4) is 0 Å². The molecule has 1 aromatic rings. The number of nitrogens with two attached hydrogens (primary N) is 1. The van der Waals surface area contributed by atoms with Crippen LogP contribution in [-0.2, 0) is 16.1 Å². The molecule has 1 amide bonds. The van der Waals surface area contributed by atoms with Gasteiger partial charge < -0.3 is 20.7 Å². The summed E-state index contributed by atoms with van der Waals surface area (Å²) in [5.74, 6) is -0.842. The van der Waals surface area contributed by atoms with Gasteiger partial charge in [0.1, 0.15) is 11.9 Å². The second kappa shape index (κ2) is 6.87. The molecular weight excluding hydrogens is 273 g/mol. The molecule has 6 heteroatoms. The van der Waals surface area contributed by atoms with Gasteiger partial charge in [0.2, 0.25) is 5.91 Å². The second-order valence-corrected chi connectivity index (χ2v) is 5.51. The molecule has 116 valence electrons. The van der Waals surface area contributed by atoms with Crippen LogP contribution in [0.5, 0.6) is 0 Å². The van der Waals surface area contributed by atoms with E-state index < -0.39 is 11.9 Å². The molecule has 0 radical (unpaired) electrons. The van der Waals surface area contributed by atoms with E-state index in [1.165, 1.54) is 6.07 Å². The van der Waals surface area contributed by atoms with Crippen LogP contribution in [0.25, 0.3) is 0 Å². The molecule has 21 heavy (non-hydrogen) atoms. The van der Waals surface area contributed by atoms with Gasteiger partial charge >= 0.3 is 0 Å². The predicted molar refractivity (Wildman–Crippen MR) is 79.5 cm³/mol. The summed E-state index contributed by atoms with van der Waals surface area (Å²) >= 11 is 0. The first-order valence-electron chi connectivity index (χ1n) is 7.14. The summed E-state index contributed by atoms with van der Waals surface area (Å²) < 4.78 is 19.6.